The summed E-state index contributed by atoms with van der Waals surface area (Å²) in [6.07, 6.45) is 7.20. The molecule has 122 valence electrons. The highest BCUT2D eigenvalue weighted by atomic mass is 16.5. The summed E-state index contributed by atoms with van der Waals surface area (Å²) in [5.74, 6) is 1.45. The highest BCUT2D eigenvalue weighted by Gasteiger charge is 2.40. The molecule has 0 bridgehead atoms. The summed E-state index contributed by atoms with van der Waals surface area (Å²) >= 11 is 0. The van der Waals surface area contributed by atoms with Gasteiger partial charge in [0.15, 0.2) is 0 Å². The highest BCUT2D eigenvalue weighted by molar-refractivity contribution is 5.13. The zero-order valence-corrected chi connectivity index (χ0v) is 14.2. The summed E-state index contributed by atoms with van der Waals surface area (Å²) < 4.78 is 5.68. The third kappa shape index (κ3) is 4.69. The second-order valence-corrected chi connectivity index (χ2v) is 7.13. The predicted octanol–water partition coefficient (Wildman–Crippen LogP) is 4.58. The van der Waals surface area contributed by atoms with Crippen LogP contribution < -0.4 is 0 Å². The standard InChI is InChI=1S/C20H30O2/c1-16(2)19-11-10-17(3)14-20(19,21)12-7-13-22-15-18-8-5-4-6-9-18/h4-9,12,16-17,19,21H,10-11,13-15H2,1-3H3/b12-7+/t17-,19+,20+/m1/s1. The molecule has 1 N–H and O–H groups in total. The Kier molecular flexibility index (Phi) is 6.22. The molecule has 0 aliphatic heterocycles. The van der Waals surface area contributed by atoms with Crippen molar-refractivity contribution in [2.45, 2.75) is 52.2 Å². The van der Waals surface area contributed by atoms with Gasteiger partial charge in [0.2, 0.25) is 0 Å². The molecule has 22 heavy (non-hydrogen) atoms. The molecular weight excluding hydrogens is 272 g/mol. The highest BCUT2D eigenvalue weighted by Crippen LogP contribution is 2.41. The molecule has 1 aliphatic rings. The molecular formula is C20H30O2. The largest absolute Gasteiger partial charge is 0.385 e. The van der Waals surface area contributed by atoms with Crippen LogP contribution in [0.5, 0.6) is 0 Å². The third-order valence-electron chi connectivity index (χ3n) is 4.82. The van der Waals surface area contributed by atoms with E-state index in [2.05, 4.69) is 32.9 Å². The maximum atomic E-state index is 11.0. The molecule has 1 saturated carbocycles. The van der Waals surface area contributed by atoms with Crippen molar-refractivity contribution in [3.05, 3.63) is 48.0 Å². The third-order valence-corrected chi connectivity index (χ3v) is 4.82. The van der Waals surface area contributed by atoms with Crippen molar-refractivity contribution in [2.75, 3.05) is 6.61 Å². The average molecular weight is 302 g/mol. The fraction of sp³-hybridized carbons (Fsp3) is 0.600. The van der Waals surface area contributed by atoms with Crippen LogP contribution in [0.2, 0.25) is 0 Å². The summed E-state index contributed by atoms with van der Waals surface area (Å²) in [4.78, 5) is 0. The Morgan fingerprint density at radius 2 is 2.00 bits per heavy atom. The van der Waals surface area contributed by atoms with E-state index in [-0.39, 0.29) is 0 Å². The minimum Gasteiger partial charge on any atom is -0.385 e. The number of hydrogen-bond acceptors (Lipinski definition) is 2. The summed E-state index contributed by atoms with van der Waals surface area (Å²) in [6.45, 7) is 7.84. The van der Waals surface area contributed by atoms with Crippen LogP contribution in [-0.2, 0) is 11.3 Å². The maximum Gasteiger partial charge on any atom is 0.0861 e. The summed E-state index contributed by atoms with van der Waals surface area (Å²) in [5.41, 5.74) is 0.517. The Balaban J connectivity index is 1.86. The van der Waals surface area contributed by atoms with Crippen LogP contribution in [0.1, 0.15) is 45.6 Å². The van der Waals surface area contributed by atoms with Gasteiger partial charge in [-0.2, -0.15) is 0 Å². The summed E-state index contributed by atoms with van der Waals surface area (Å²) in [7, 11) is 0. The van der Waals surface area contributed by atoms with Crippen LogP contribution in [0, 0.1) is 17.8 Å². The van der Waals surface area contributed by atoms with Crippen LogP contribution in [0.3, 0.4) is 0 Å². The van der Waals surface area contributed by atoms with E-state index in [1.807, 2.05) is 30.4 Å². The van der Waals surface area contributed by atoms with Crippen LogP contribution >= 0.6 is 0 Å². The Morgan fingerprint density at radius 3 is 2.68 bits per heavy atom. The molecule has 0 amide bonds. The van der Waals surface area contributed by atoms with Gasteiger partial charge in [-0.3, -0.25) is 0 Å². The van der Waals surface area contributed by atoms with E-state index in [0.29, 0.717) is 31.0 Å². The van der Waals surface area contributed by atoms with Crippen molar-refractivity contribution in [3.8, 4) is 0 Å². The zero-order chi connectivity index (χ0) is 16.0. The topological polar surface area (TPSA) is 29.5 Å². The normalized spacial score (nSPS) is 29.3. The Morgan fingerprint density at radius 1 is 1.27 bits per heavy atom. The molecule has 3 atom stereocenters. The van der Waals surface area contributed by atoms with Gasteiger partial charge in [-0.15, -0.1) is 0 Å². The van der Waals surface area contributed by atoms with Gasteiger partial charge in [0.1, 0.15) is 0 Å². The van der Waals surface area contributed by atoms with Crippen molar-refractivity contribution in [3.63, 3.8) is 0 Å². The lowest BCUT2D eigenvalue weighted by atomic mass is 9.67. The molecule has 0 spiro atoms. The van der Waals surface area contributed by atoms with Crippen molar-refractivity contribution >= 4 is 0 Å². The first-order chi connectivity index (χ1) is 10.5. The predicted molar refractivity (Wildman–Crippen MR) is 91.5 cm³/mol. The second kappa shape index (κ2) is 7.94. The molecule has 0 saturated heterocycles. The lowest BCUT2D eigenvalue weighted by Crippen LogP contribution is -2.43. The lowest BCUT2D eigenvalue weighted by molar-refractivity contribution is -0.0412. The van der Waals surface area contributed by atoms with E-state index < -0.39 is 5.60 Å². The van der Waals surface area contributed by atoms with Gasteiger partial charge in [0, 0.05) is 0 Å². The van der Waals surface area contributed by atoms with Crippen LogP contribution in [0.25, 0.3) is 0 Å². The average Bonchev–Trinajstić information content (AvgIpc) is 2.47. The quantitative estimate of drug-likeness (QED) is 0.615. The van der Waals surface area contributed by atoms with Gasteiger partial charge in [-0.05, 0) is 36.2 Å². The summed E-state index contributed by atoms with van der Waals surface area (Å²) in [6, 6.07) is 10.2. The van der Waals surface area contributed by atoms with Crippen molar-refractivity contribution in [1.82, 2.24) is 0 Å². The molecule has 2 nitrogen and oxygen atoms in total. The van der Waals surface area contributed by atoms with Gasteiger partial charge >= 0.3 is 0 Å². The van der Waals surface area contributed by atoms with Crippen molar-refractivity contribution in [2.24, 2.45) is 17.8 Å². The minimum absolute atomic E-state index is 0.356. The molecule has 0 heterocycles. The smallest absolute Gasteiger partial charge is 0.0861 e. The SMILES string of the molecule is CC(C)[C@@H]1CC[C@@H](C)C[C@@]1(O)/C=C/COCc1ccccc1. The Labute approximate surface area is 135 Å². The van der Waals surface area contributed by atoms with Gasteiger partial charge < -0.3 is 9.84 Å². The molecule has 0 unspecified atom stereocenters. The lowest BCUT2D eigenvalue weighted by Gasteiger charge is -2.43. The molecule has 2 heteroatoms. The molecule has 1 aliphatic carbocycles. The maximum absolute atomic E-state index is 11.0. The first-order valence-electron chi connectivity index (χ1n) is 8.53. The fourth-order valence-electron chi connectivity index (χ4n) is 3.70. The Hall–Kier alpha value is -1.12. The first kappa shape index (κ1) is 17.2. The van der Waals surface area contributed by atoms with Gasteiger partial charge in [-0.1, -0.05) is 69.7 Å². The van der Waals surface area contributed by atoms with E-state index in [1.54, 1.807) is 0 Å². The zero-order valence-electron chi connectivity index (χ0n) is 14.2. The van der Waals surface area contributed by atoms with E-state index in [4.69, 9.17) is 4.74 Å². The number of benzene rings is 1. The first-order valence-corrected chi connectivity index (χ1v) is 8.53. The number of rotatable bonds is 6. The van der Waals surface area contributed by atoms with Crippen LogP contribution in [-0.4, -0.2) is 17.3 Å². The van der Waals surface area contributed by atoms with Crippen LogP contribution in [0.4, 0.5) is 0 Å². The molecule has 0 radical (unpaired) electrons. The molecule has 0 aromatic heterocycles. The van der Waals surface area contributed by atoms with Gasteiger partial charge in [0.05, 0.1) is 18.8 Å². The van der Waals surface area contributed by atoms with Crippen molar-refractivity contribution < 1.29 is 9.84 Å². The van der Waals surface area contributed by atoms with Crippen LogP contribution in [0.15, 0.2) is 42.5 Å². The molecule has 2 rings (SSSR count). The monoisotopic (exact) mass is 302 g/mol. The molecule has 1 aromatic carbocycles. The van der Waals surface area contributed by atoms with E-state index in [9.17, 15) is 5.11 Å². The minimum atomic E-state index is -0.665. The van der Waals surface area contributed by atoms with Gasteiger partial charge in [-0.25, -0.2) is 0 Å². The number of aliphatic hydroxyl groups is 1. The number of hydrogen-bond donors (Lipinski definition) is 1. The van der Waals surface area contributed by atoms with Gasteiger partial charge in [0.25, 0.3) is 0 Å². The van der Waals surface area contributed by atoms with E-state index in [0.717, 1.165) is 12.8 Å². The fourth-order valence-corrected chi connectivity index (χ4v) is 3.70. The van der Waals surface area contributed by atoms with E-state index >= 15 is 0 Å². The van der Waals surface area contributed by atoms with E-state index in [1.165, 1.54) is 12.0 Å². The second-order valence-electron chi connectivity index (χ2n) is 7.13. The number of ether oxygens (including phenoxy) is 1. The summed E-state index contributed by atoms with van der Waals surface area (Å²) in [5, 5.41) is 11.0. The molecule has 1 aromatic rings. The molecule has 1 fully saturated rings. The Bertz CT molecular complexity index is 466. The van der Waals surface area contributed by atoms with Crippen molar-refractivity contribution in [1.29, 1.82) is 0 Å².